The number of hydrogen-bond acceptors (Lipinski definition) is 8. The summed E-state index contributed by atoms with van der Waals surface area (Å²) in [5.41, 5.74) is 12.6. The third-order valence-electron chi connectivity index (χ3n) is 4.02. The highest BCUT2D eigenvalue weighted by Gasteiger charge is 2.28. The number of aliphatic hydroxyl groups is 1. The maximum atomic E-state index is 9.96. The Morgan fingerprint density at radius 1 is 1.37 bits per heavy atom. The van der Waals surface area contributed by atoms with Crippen LogP contribution in [0.3, 0.4) is 0 Å². The van der Waals surface area contributed by atoms with Gasteiger partial charge in [0.1, 0.15) is 11.5 Å². The number of anilines is 3. The van der Waals surface area contributed by atoms with E-state index in [1.54, 1.807) is 19.1 Å². The molecule has 0 bridgehead atoms. The van der Waals surface area contributed by atoms with E-state index in [0.29, 0.717) is 18.0 Å². The summed E-state index contributed by atoms with van der Waals surface area (Å²) in [5.74, 6) is 0.0149. The van der Waals surface area contributed by atoms with E-state index in [1.165, 1.54) is 6.07 Å². The molecule has 2 aromatic carbocycles. The maximum Gasteiger partial charge on any atom is 0.193 e. The number of rotatable bonds is 6. The second-order valence-electron chi connectivity index (χ2n) is 5.85. The first-order chi connectivity index (χ1) is 12.9. The van der Waals surface area contributed by atoms with Gasteiger partial charge in [0.2, 0.25) is 0 Å². The summed E-state index contributed by atoms with van der Waals surface area (Å²) in [6, 6.07) is 9.77. The summed E-state index contributed by atoms with van der Waals surface area (Å²) in [6.07, 6.45) is -1.24. The number of ether oxygens (including phenoxy) is 1. The minimum absolute atomic E-state index is 0.0149. The van der Waals surface area contributed by atoms with Gasteiger partial charge in [-0.1, -0.05) is 23.8 Å². The lowest BCUT2D eigenvalue weighted by atomic mass is 9.97. The lowest BCUT2D eigenvalue weighted by Gasteiger charge is -2.26. The molecule has 2 aromatic rings. The molecule has 3 rings (SSSR count). The Morgan fingerprint density at radius 3 is 2.78 bits per heavy atom. The van der Waals surface area contributed by atoms with Crippen molar-refractivity contribution >= 4 is 51.5 Å². The average Bonchev–Trinajstić information content (AvgIpc) is 2.65. The Labute approximate surface area is 166 Å². The van der Waals surface area contributed by atoms with E-state index in [4.69, 9.17) is 34.3 Å². The molecule has 0 saturated carbocycles. The summed E-state index contributed by atoms with van der Waals surface area (Å²) in [4.78, 5) is 0.145. The molecule has 0 aromatic heterocycles. The Hall–Kier alpha value is -2.23. The number of phenols is 1. The third kappa shape index (κ3) is 4.20. The molecule has 0 saturated heterocycles. The minimum Gasteiger partial charge on any atom is -0.506 e. The monoisotopic (exact) mass is 406 g/mol. The number of nitrogens with one attached hydrogen (secondary N) is 2. The van der Waals surface area contributed by atoms with E-state index in [9.17, 15) is 10.2 Å². The molecule has 2 unspecified atom stereocenters. The molecule has 0 fully saturated rings. The van der Waals surface area contributed by atoms with Gasteiger partial charge in [-0.2, -0.15) is 5.10 Å². The highest BCUT2D eigenvalue weighted by atomic mass is 35.5. The Morgan fingerprint density at radius 2 is 2.07 bits per heavy atom. The summed E-state index contributed by atoms with van der Waals surface area (Å²) in [5, 5.41) is 27.1. The van der Waals surface area contributed by atoms with Crippen molar-refractivity contribution in [3.05, 3.63) is 47.0 Å². The number of aromatic hydroxyl groups is 1. The number of nitrogens with zero attached hydrogens (tertiary/aromatic N) is 1. The van der Waals surface area contributed by atoms with Crippen LogP contribution in [-0.4, -0.2) is 33.7 Å². The number of halogens is 1. The van der Waals surface area contributed by atoms with Crippen molar-refractivity contribution in [1.82, 2.24) is 0 Å². The van der Waals surface area contributed by atoms with Crippen LogP contribution in [-0.2, 0) is 4.74 Å². The van der Waals surface area contributed by atoms with Gasteiger partial charge in [0.25, 0.3) is 0 Å². The number of fused-ring (bicyclic) bond motifs is 1. The fourth-order valence-electron chi connectivity index (χ4n) is 2.66. The van der Waals surface area contributed by atoms with Crippen molar-refractivity contribution in [1.29, 1.82) is 0 Å². The van der Waals surface area contributed by atoms with Crippen LogP contribution >= 0.6 is 23.8 Å². The first-order valence-electron chi connectivity index (χ1n) is 8.23. The van der Waals surface area contributed by atoms with Crippen LogP contribution < -0.4 is 16.5 Å². The minimum atomic E-state index is -1.24. The number of thiocarbonyl (C=S) groups is 1. The molecule has 0 aliphatic carbocycles. The molecule has 6 N–H and O–H groups in total. The predicted molar refractivity (Wildman–Crippen MR) is 111 cm³/mol. The molecule has 2 atom stereocenters. The van der Waals surface area contributed by atoms with Gasteiger partial charge < -0.3 is 26.0 Å². The number of aliphatic hydroxyl groups excluding tert-OH is 1. The van der Waals surface area contributed by atoms with Gasteiger partial charge in [-0.05, 0) is 43.3 Å². The van der Waals surface area contributed by atoms with E-state index < -0.39 is 12.3 Å². The molecule has 9 heteroatoms. The summed E-state index contributed by atoms with van der Waals surface area (Å²) in [6.45, 7) is 2.08. The quantitative estimate of drug-likeness (QED) is 0.284. The molecule has 0 radical (unpaired) electrons. The maximum absolute atomic E-state index is 9.96. The highest BCUT2D eigenvalue weighted by Crippen LogP contribution is 2.33. The fraction of sp³-hybridized carbons (Fsp3) is 0.222. The van der Waals surface area contributed by atoms with Crippen molar-refractivity contribution in [3.63, 3.8) is 0 Å². The van der Waals surface area contributed by atoms with Crippen LogP contribution in [0.1, 0.15) is 18.5 Å². The van der Waals surface area contributed by atoms with Crippen LogP contribution in [0.25, 0.3) is 0 Å². The molecular formula is C18H19ClN4O3S. The first-order valence-corrected chi connectivity index (χ1v) is 9.02. The number of nitrogens with two attached hydrogens (primary N) is 1. The summed E-state index contributed by atoms with van der Waals surface area (Å²) in [7, 11) is 0. The molecule has 27 heavy (non-hydrogen) atoms. The van der Waals surface area contributed by atoms with Gasteiger partial charge in [-0.25, -0.2) is 0 Å². The SMILES string of the molecule is CCOC(O)C(=S)C1=NNc2ccc(Nc3ccc(O)c(Cl)c3)cc2C1N. The van der Waals surface area contributed by atoms with Gasteiger partial charge in [-0.15, -0.1) is 0 Å². The largest absolute Gasteiger partial charge is 0.506 e. The van der Waals surface area contributed by atoms with Crippen LogP contribution in [0.4, 0.5) is 17.1 Å². The molecular weight excluding hydrogens is 388 g/mol. The van der Waals surface area contributed by atoms with Gasteiger partial charge in [0, 0.05) is 23.5 Å². The predicted octanol–water partition coefficient (Wildman–Crippen LogP) is 3.30. The van der Waals surface area contributed by atoms with E-state index in [2.05, 4.69) is 15.8 Å². The van der Waals surface area contributed by atoms with Crippen LogP contribution in [0.5, 0.6) is 5.75 Å². The van der Waals surface area contributed by atoms with E-state index in [0.717, 1.165) is 16.9 Å². The standard InChI is InChI=1S/C18H19ClN4O3S/c1-2-26-18(25)17(27)16-15(20)11-7-9(3-5-13(11)22-23-16)21-10-4-6-14(24)12(19)8-10/h3-8,15,18,21-22,24-25H,2,20H2,1H3. The normalized spacial score (nSPS) is 16.7. The molecule has 1 aliphatic rings. The second-order valence-corrected chi connectivity index (χ2v) is 6.70. The van der Waals surface area contributed by atoms with E-state index in [1.807, 2.05) is 18.2 Å². The van der Waals surface area contributed by atoms with Crippen molar-refractivity contribution in [3.8, 4) is 5.75 Å². The van der Waals surface area contributed by atoms with Crippen LogP contribution in [0.2, 0.25) is 5.02 Å². The van der Waals surface area contributed by atoms with E-state index in [-0.39, 0.29) is 15.6 Å². The van der Waals surface area contributed by atoms with Gasteiger partial charge in [0.05, 0.1) is 21.6 Å². The van der Waals surface area contributed by atoms with E-state index >= 15 is 0 Å². The Bertz CT molecular complexity index is 906. The highest BCUT2D eigenvalue weighted by molar-refractivity contribution is 7.82. The average molecular weight is 407 g/mol. The Balaban J connectivity index is 1.83. The topological polar surface area (TPSA) is 112 Å². The molecule has 7 nitrogen and oxygen atoms in total. The lowest BCUT2D eigenvalue weighted by Crippen LogP contribution is -2.38. The molecule has 1 heterocycles. The smallest absolute Gasteiger partial charge is 0.193 e. The molecule has 1 aliphatic heterocycles. The summed E-state index contributed by atoms with van der Waals surface area (Å²) >= 11 is 11.2. The number of hydrogen-bond donors (Lipinski definition) is 5. The zero-order valence-electron chi connectivity index (χ0n) is 14.4. The number of benzene rings is 2. The molecule has 0 amide bonds. The zero-order valence-corrected chi connectivity index (χ0v) is 16.0. The van der Waals surface area contributed by atoms with Crippen molar-refractivity contribution in [2.45, 2.75) is 19.3 Å². The Kier molecular flexibility index (Phi) is 5.93. The number of hydrazone groups is 1. The fourth-order valence-corrected chi connectivity index (χ4v) is 3.08. The zero-order chi connectivity index (χ0) is 19.6. The van der Waals surface area contributed by atoms with Crippen molar-refractivity contribution in [2.75, 3.05) is 17.3 Å². The second kappa shape index (κ2) is 8.20. The van der Waals surface area contributed by atoms with Crippen molar-refractivity contribution in [2.24, 2.45) is 10.8 Å². The van der Waals surface area contributed by atoms with Crippen LogP contribution in [0, 0.1) is 0 Å². The molecule has 0 spiro atoms. The van der Waals surface area contributed by atoms with Gasteiger partial charge in [-0.3, -0.25) is 5.43 Å². The third-order valence-corrected chi connectivity index (χ3v) is 4.73. The molecule has 142 valence electrons. The van der Waals surface area contributed by atoms with Gasteiger partial charge >= 0.3 is 0 Å². The first kappa shape index (κ1) is 19.5. The van der Waals surface area contributed by atoms with Crippen molar-refractivity contribution < 1.29 is 14.9 Å². The number of phenolic OH excluding ortho intramolecular Hbond substituents is 1. The van der Waals surface area contributed by atoms with Gasteiger partial charge in [0.15, 0.2) is 6.29 Å². The van der Waals surface area contributed by atoms with Crippen LogP contribution in [0.15, 0.2) is 41.5 Å². The summed E-state index contributed by atoms with van der Waals surface area (Å²) < 4.78 is 5.12. The lowest BCUT2D eigenvalue weighted by molar-refractivity contribution is -0.0410.